The minimum Gasteiger partial charge on any atom is -0.624 e. The van der Waals surface area contributed by atoms with Crippen LogP contribution in [0.5, 0.6) is 0 Å². The maximum absolute atomic E-state index is 13.1. The van der Waals surface area contributed by atoms with Gasteiger partial charge in [-0.25, -0.2) is 23.9 Å². The highest BCUT2D eigenvalue weighted by Crippen LogP contribution is 2.56. The Morgan fingerprint density at radius 2 is 0.776 bits per heavy atom. The van der Waals surface area contributed by atoms with E-state index < -0.39 is 134 Å². The van der Waals surface area contributed by atoms with Crippen LogP contribution in [0.2, 0.25) is 0 Å². The van der Waals surface area contributed by atoms with Crippen molar-refractivity contribution in [3.63, 3.8) is 0 Å². The number of nitrogens with one attached hydrogen (secondary N) is 3. The lowest BCUT2D eigenvalue weighted by Gasteiger charge is -2.37. The van der Waals surface area contributed by atoms with Crippen molar-refractivity contribution in [1.29, 1.82) is 31.6 Å². The quantitative estimate of drug-likeness (QED) is 0.0225. The Morgan fingerprint density at radius 1 is 0.427 bits per heavy atom. The van der Waals surface area contributed by atoms with Crippen LogP contribution < -0.4 is 16.0 Å². The highest BCUT2D eigenvalue weighted by Gasteiger charge is 2.72. The molecule has 0 spiro atoms. The van der Waals surface area contributed by atoms with Gasteiger partial charge in [-0.3, -0.25) is 19.6 Å². The van der Waals surface area contributed by atoms with Gasteiger partial charge in [-0.1, -0.05) is 48.5 Å². The van der Waals surface area contributed by atoms with Crippen LogP contribution in [0, 0.1) is 73.2 Å². The fourth-order valence-electron chi connectivity index (χ4n) is 22.6. The molecule has 4 N–H and O–H groups in total. The number of aliphatic hydroxyl groups excluding tert-OH is 1. The molecule has 804 valence electrons. The molecule has 39 nitrogen and oxygen atoms in total. The summed E-state index contributed by atoms with van der Waals surface area (Å²) in [4.78, 5) is 59.8. The van der Waals surface area contributed by atoms with Gasteiger partial charge >= 0.3 is 24.4 Å². The van der Waals surface area contributed by atoms with E-state index in [1.165, 1.54) is 11.1 Å². The minimum atomic E-state index is -0.967. The van der Waals surface area contributed by atoms with E-state index in [-0.39, 0.29) is 121 Å². The average Bonchev–Trinajstić information content (AvgIpc) is 1.55. The Morgan fingerprint density at radius 3 is 1.13 bits per heavy atom. The van der Waals surface area contributed by atoms with E-state index in [0.29, 0.717) is 43.3 Å². The fourth-order valence-corrected chi connectivity index (χ4v) is 22.6. The van der Waals surface area contributed by atoms with E-state index in [2.05, 4.69) is 61.0 Å². The maximum atomic E-state index is 13.1. The molecule has 14 rings (SSSR count). The monoisotopic (exact) mass is 2010 g/mol. The highest BCUT2D eigenvalue weighted by molar-refractivity contribution is 5.74. The van der Waals surface area contributed by atoms with Crippen LogP contribution >= 0.6 is 0 Å². The molecule has 0 aromatic heterocycles. The molecule has 39 heteroatoms. The smallest absolute Gasteiger partial charge is 0.411 e. The van der Waals surface area contributed by atoms with Gasteiger partial charge in [-0.15, -0.1) is 0 Å². The predicted octanol–water partition coefficient (Wildman–Crippen LogP) is 15.5. The van der Waals surface area contributed by atoms with Crippen LogP contribution in [0.15, 0.2) is 35.4 Å². The molecule has 0 aromatic rings. The van der Waals surface area contributed by atoms with Crippen molar-refractivity contribution in [3.8, 4) is 36.4 Å². The van der Waals surface area contributed by atoms with Crippen LogP contribution in [0.25, 0.3) is 0 Å². The molecule has 143 heavy (non-hydrogen) atoms. The number of hydrogen-bond acceptors (Lipinski definition) is 34. The van der Waals surface area contributed by atoms with Gasteiger partial charge in [0.05, 0.1) is 96.4 Å². The maximum Gasteiger partial charge on any atom is 0.411 e. The zero-order valence-electron chi connectivity index (χ0n) is 92.5. The molecule has 26 atom stereocenters. The van der Waals surface area contributed by atoms with E-state index >= 15 is 0 Å². The van der Waals surface area contributed by atoms with Gasteiger partial charge in [0.15, 0.2) is 65.0 Å². The number of carbonyl (C=O) groups excluding carboxylic acids is 4. The predicted molar refractivity (Wildman–Crippen MR) is 527 cm³/mol. The lowest BCUT2D eigenvalue weighted by atomic mass is 9.88. The second kappa shape index (κ2) is 44.9. The first-order valence-electron chi connectivity index (χ1n) is 50.6. The van der Waals surface area contributed by atoms with E-state index in [0.717, 1.165) is 43.2 Å². The summed E-state index contributed by atoms with van der Waals surface area (Å²) < 4.78 is 107. The van der Waals surface area contributed by atoms with Crippen molar-refractivity contribution in [2.75, 3.05) is 27.2 Å². The number of rotatable bonds is 15. The summed E-state index contributed by atoms with van der Waals surface area (Å²) in [6.45, 7) is 70.9. The number of nitriles is 6. The third-order valence-corrected chi connectivity index (χ3v) is 26.9. The number of hydrogen-bond donors (Lipinski definition) is 4. The molecular weight excluding hydrogens is 1840 g/mol. The Balaban J connectivity index is 0.000000207. The molecule has 0 radical (unpaired) electrons. The van der Waals surface area contributed by atoms with Gasteiger partial charge in [0.1, 0.15) is 124 Å². The average molecular weight is 2010 g/mol. The SMILES string of the molecule is CC[C@@H]1[C@H]2OC(C)(C)O[C@@]2(C)[C@H](/C(C#N)=C/N(C)C)N1C(=O)OC(C)(C)C.CC[C@@H]1[C@H]2OC(C)(C)O[C@@]2(C)[C@H](/C(C#N)=C/NCC#N)N1C(=O)OC(C)(C)C.CC[C@@H]1[C@H]2OC(C)(C)O[C@@]2(C)[C@H](/C(C#N)=C/O)N1C(=O)OC(C)(C)C.CC[C@@H]1[C@H]2OC(C)(C)O[C@H]2C=[N+]1[O-].CC[C@@H]1[C@H]2OC(C)(C)O[C@H]2[C@H](CC#N)N1C(=O)OC(C)(C)C.CC[C@H]1NC[C@]2(C)OC(C)(C)O[C@H]12.CC[C@H]1N[C@@H](CC#N)[C@@H]2OC(C)(C)O[C@@H]21. The van der Waals surface area contributed by atoms with Gasteiger partial charge in [-0.2, -0.15) is 31.6 Å². The molecule has 0 bridgehead atoms. The molecule has 14 aliphatic rings. The van der Waals surface area contributed by atoms with E-state index in [9.17, 15) is 45.3 Å². The number of fused-ring (bicyclic) bond motifs is 7. The number of aliphatic hydroxyl groups is 1. The topological polar surface area (TPSA) is 476 Å². The minimum absolute atomic E-state index is 0.0320. The van der Waals surface area contributed by atoms with Gasteiger partial charge in [-0.05, 0) is 246 Å². The zero-order chi connectivity index (χ0) is 108. The first-order valence-corrected chi connectivity index (χ1v) is 50.6. The van der Waals surface area contributed by atoms with Crippen LogP contribution in [0.3, 0.4) is 0 Å². The largest absolute Gasteiger partial charge is 0.624 e. The number of hydroxylamine groups is 1. The molecule has 13 saturated heterocycles. The van der Waals surface area contributed by atoms with Crippen LogP contribution in [-0.4, -0.2) is 311 Å². The second-order valence-corrected chi connectivity index (χ2v) is 46.9. The third-order valence-electron chi connectivity index (χ3n) is 26.9. The van der Waals surface area contributed by atoms with Crippen LogP contribution in [0.4, 0.5) is 19.2 Å². The highest BCUT2D eigenvalue weighted by atomic mass is 16.8. The molecular formula is C104H169N15O24. The molecule has 0 aliphatic carbocycles. The molecule has 14 aliphatic heterocycles. The normalized spacial score (nSPS) is 36.2. The van der Waals surface area contributed by atoms with E-state index in [1.807, 2.05) is 206 Å². The van der Waals surface area contributed by atoms with Crippen molar-refractivity contribution in [1.82, 2.24) is 40.4 Å². The van der Waals surface area contributed by atoms with Crippen molar-refractivity contribution < 1.29 is 114 Å². The van der Waals surface area contributed by atoms with Gasteiger partial charge in [0.2, 0.25) is 0 Å². The molecule has 0 unspecified atom stereocenters. The Kier molecular flexibility index (Phi) is 37.6. The summed E-state index contributed by atoms with van der Waals surface area (Å²) in [6.07, 6.45) is 8.15. The standard InChI is InChI=1S/C20H30N4O4.C20H33N3O4.C18H28N2O5.C16H26N2O4.C11H18N2O2.C10H19NO2.C9H15NO3/c1-8-14-16-20(7,28-19(5,6)26-16)15(13(11-22)12-23-10-9-21)24(14)17(25)27-18(2,3)4;1-10-14-16-20(7,27-19(5,6)25-16)15(13(11-21)12-22(8)9)23(14)17(24)26-18(2,3)4;1-8-12-14-18(7,25-17(5,6)23-14)13(11(9-19)10-21)20(12)15(22)24-16(2,3)4;1-7-10-12-13(21-16(5,6)20-12)11(8-9-17)18(10)14(19)22-15(2,3)4;1-4-7-9-10(8(13-7)5-6-12)15-11(2,3)14-9;1-5-7-8-10(4,6-11-7)13-9(2,3)12-8;1-4-6-8-7(5-10(6)11)12-9(2,3)13-8/h12,14-16,23H,8,10H2,1-7H3;12,14-16H,10H2,1-9H3;10,12-14,21H,8H2,1-7H3;10-13H,7-8H2,1-6H3;7-10,13H,4-5H2,1-3H3;7-8,11H,5-6H2,1-4H3;5-8H,4H2,1-3H3/b2*13-12+;11-10+;;;;/t2*14-,15+,16-,20+;12-,13+,14-,18+;10-,11+,12-,13+;7-,8+,9-,10+;7-,8-,10+;6-,7+,8-/m1111111/s1. The van der Waals surface area contributed by atoms with Crippen molar-refractivity contribution in [2.45, 2.75) is 533 Å². The molecule has 4 amide bonds. The number of carbonyl (C=O) groups is 4. The number of nitrogens with zero attached hydrogens (tertiary/aromatic N) is 12. The molecule has 13 fully saturated rings. The van der Waals surface area contributed by atoms with E-state index in [1.54, 1.807) is 87.4 Å². The molecule has 0 saturated carbocycles. The summed E-state index contributed by atoms with van der Waals surface area (Å²) in [7, 11) is 3.69. The van der Waals surface area contributed by atoms with E-state index in [4.69, 9.17) is 101 Å². The molecule has 0 aromatic carbocycles. The van der Waals surface area contributed by atoms with Crippen LogP contribution in [0.1, 0.15) is 314 Å². The lowest BCUT2D eigenvalue weighted by molar-refractivity contribution is -0.501. The van der Waals surface area contributed by atoms with Gasteiger partial charge in [0, 0.05) is 57.6 Å². The lowest BCUT2D eigenvalue weighted by Crippen LogP contribution is -2.51. The van der Waals surface area contributed by atoms with Crippen molar-refractivity contribution in [2.24, 2.45) is 0 Å². The summed E-state index contributed by atoms with van der Waals surface area (Å²) in [5.41, 5.74) is -4.70. The van der Waals surface area contributed by atoms with Crippen molar-refractivity contribution in [3.05, 3.63) is 40.6 Å². The summed E-state index contributed by atoms with van der Waals surface area (Å²) in [5, 5.41) is 86.4. The summed E-state index contributed by atoms with van der Waals surface area (Å²) in [6, 6.07) is 10.0. The van der Waals surface area contributed by atoms with Gasteiger partial charge < -0.3 is 116 Å². The number of amides is 4. The van der Waals surface area contributed by atoms with Crippen LogP contribution in [-0.2, 0) is 85.3 Å². The summed E-state index contributed by atoms with van der Waals surface area (Å²) in [5.74, 6) is -4.61. The molecule has 14 heterocycles. The first-order chi connectivity index (χ1) is 65.7. The first kappa shape index (κ1) is 120. The fraction of sp³-hybridized carbons (Fsp3) is 0.837. The summed E-state index contributed by atoms with van der Waals surface area (Å²) >= 11 is 0. The Labute approximate surface area is 849 Å². The second-order valence-electron chi connectivity index (χ2n) is 46.9. The Hall–Kier alpha value is -8.53. The van der Waals surface area contributed by atoms with Crippen molar-refractivity contribution >= 4 is 30.6 Å². The third kappa shape index (κ3) is 27.3. The Bertz CT molecular complexity index is 4830. The number of likely N-dealkylation sites (tertiary alicyclic amines) is 4. The van der Waals surface area contributed by atoms with Gasteiger partial charge in [0.25, 0.3) is 0 Å². The zero-order valence-corrected chi connectivity index (χ0v) is 92.5. The number of ether oxygens (including phenoxy) is 18.